The van der Waals surface area contributed by atoms with Crippen LogP contribution in [-0.4, -0.2) is 35.6 Å². The average molecular weight is 187 g/mol. The lowest BCUT2D eigenvalue weighted by atomic mass is 10.1. The Bertz CT molecular complexity index is 124. The van der Waals surface area contributed by atoms with Crippen LogP contribution in [0.2, 0.25) is 0 Å². The van der Waals surface area contributed by atoms with Gasteiger partial charge < -0.3 is 10.0 Å². The monoisotopic (exact) mass is 187 g/mol. The average Bonchev–Trinajstić information content (AvgIpc) is 2.06. The second-order valence-corrected chi connectivity index (χ2v) is 3.42. The molecule has 0 spiro atoms. The van der Waals surface area contributed by atoms with Crippen LogP contribution in [0.4, 0.5) is 0 Å². The van der Waals surface area contributed by atoms with Gasteiger partial charge in [0, 0.05) is 6.92 Å². The summed E-state index contributed by atoms with van der Waals surface area (Å²) in [6.07, 6.45) is 5.64. The number of hydrogen-bond donors (Lipinski definition) is 1. The molecule has 0 amide bonds. The van der Waals surface area contributed by atoms with Crippen molar-refractivity contribution in [1.29, 1.82) is 0 Å². The molecule has 1 saturated heterocycles. The van der Waals surface area contributed by atoms with Crippen LogP contribution < -0.4 is 0 Å². The maximum atomic E-state index is 9.00. The van der Waals surface area contributed by atoms with Crippen molar-refractivity contribution in [2.24, 2.45) is 0 Å². The molecule has 3 nitrogen and oxygen atoms in total. The SMILES string of the molecule is CC(=O)O.CCCN1CCCCC1. The fourth-order valence-electron chi connectivity index (χ4n) is 1.50. The number of hydrogen-bond acceptors (Lipinski definition) is 2. The van der Waals surface area contributed by atoms with Gasteiger partial charge >= 0.3 is 0 Å². The summed E-state index contributed by atoms with van der Waals surface area (Å²) in [5, 5.41) is 7.42. The summed E-state index contributed by atoms with van der Waals surface area (Å²) in [5.74, 6) is -0.833. The molecule has 0 atom stereocenters. The van der Waals surface area contributed by atoms with Crippen molar-refractivity contribution in [2.45, 2.75) is 39.5 Å². The highest BCUT2D eigenvalue weighted by Crippen LogP contribution is 2.07. The molecule has 0 unspecified atom stereocenters. The van der Waals surface area contributed by atoms with E-state index in [1.54, 1.807) is 0 Å². The first-order valence-corrected chi connectivity index (χ1v) is 5.08. The molecule has 0 aromatic rings. The molecule has 3 heteroatoms. The van der Waals surface area contributed by atoms with Crippen molar-refractivity contribution in [2.75, 3.05) is 19.6 Å². The van der Waals surface area contributed by atoms with Crippen LogP contribution in [0.5, 0.6) is 0 Å². The van der Waals surface area contributed by atoms with Crippen LogP contribution in [-0.2, 0) is 4.79 Å². The van der Waals surface area contributed by atoms with Gasteiger partial charge in [0.2, 0.25) is 0 Å². The van der Waals surface area contributed by atoms with Crippen molar-refractivity contribution in [3.8, 4) is 0 Å². The number of carbonyl (C=O) groups is 1. The van der Waals surface area contributed by atoms with E-state index in [9.17, 15) is 0 Å². The summed E-state index contributed by atoms with van der Waals surface area (Å²) < 4.78 is 0. The van der Waals surface area contributed by atoms with Crippen LogP contribution in [0.15, 0.2) is 0 Å². The molecule has 0 aliphatic carbocycles. The van der Waals surface area contributed by atoms with Gasteiger partial charge in [0.15, 0.2) is 0 Å². The second kappa shape index (κ2) is 8.05. The predicted molar refractivity (Wildman–Crippen MR) is 53.9 cm³/mol. The summed E-state index contributed by atoms with van der Waals surface area (Å²) in [4.78, 5) is 11.6. The third-order valence-electron chi connectivity index (χ3n) is 1.99. The Balaban J connectivity index is 0.000000310. The molecular formula is C10H21NO2. The van der Waals surface area contributed by atoms with Crippen LogP contribution in [0.3, 0.4) is 0 Å². The van der Waals surface area contributed by atoms with Gasteiger partial charge in [0.25, 0.3) is 5.97 Å². The van der Waals surface area contributed by atoms with Gasteiger partial charge in [-0.25, -0.2) is 0 Å². The number of nitrogens with zero attached hydrogens (tertiary/aromatic N) is 1. The minimum absolute atomic E-state index is 0.833. The highest BCUT2D eigenvalue weighted by Gasteiger charge is 2.07. The first-order valence-electron chi connectivity index (χ1n) is 5.08. The molecule has 1 N–H and O–H groups in total. The minimum atomic E-state index is -0.833. The molecular weight excluding hydrogens is 166 g/mol. The molecule has 0 saturated carbocycles. The van der Waals surface area contributed by atoms with Crippen molar-refractivity contribution in [1.82, 2.24) is 4.90 Å². The fraction of sp³-hybridized carbons (Fsp3) is 0.900. The Kier molecular flexibility index (Phi) is 7.69. The molecule has 0 radical (unpaired) electrons. The van der Waals surface area contributed by atoms with Gasteiger partial charge in [0.05, 0.1) is 0 Å². The number of rotatable bonds is 2. The zero-order chi connectivity index (χ0) is 10.1. The lowest BCUT2D eigenvalue weighted by Crippen LogP contribution is -2.30. The quantitative estimate of drug-likeness (QED) is 0.718. The van der Waals surface area contributed by atoms with E-state index in [0.29, 0.717) is 0 Å². The van der Waals surface area contributed by atoms with Crippen LogP contribution >= 0.6 is 0 Å². The van der Waals surface area contributed by atoms with E-state index in [2.05, 4.69) is 11.8 Å². The van der Waals surface area contributed by atoms with E-state index >= 15 is 0 Å². The molecule has 13 heavy (non-hydrogen) atoms. The van der Waals surface area contributed by atoms with Gasteiger partial charge in [-0.05, 0) is 38.9 Å². The minimum Gasteiger partial charge on any atom is -0.481 e. The van der Waals surface area contributed by atoms with Crippen LogP contribution in [0, 0.1) is 0 Å². The smallest absolute Gasteiger partial charge is 0.300 e. The molecule has 0 aromatic carbocycles. The first-order chi connectivity index (χ1) is 6.16. The number of carboxylic acids is 1. The third-order valence-corrected chi connectivity index (χ3v) is 1.99. The van der Waals surface area contributed by atoms with Gasteiger partial charge in [-0.3, -0.25) is 4.79 Å². The van der Waals surface area contributed by atoms with Gasteiger partial charge in [0.1, 0.15) is 0 Å². The highest BCUT2D eigenvalue weighted by atomic mass is 16.4. The zero-order valence-electron chi connectivity index (χ0n) is 8.75. The molecule has 0 aromatic heterocycles. The van der Waals surface area contributed by atoms with E-state index in [1.165, 1.54) is 45.3 Å². The number of likely N-dealkylation sites (tertiary alicyclic amines) is 1. The van der Waals surface area contributed by atoms with Crippen molar-refractivity contribution in [3.63, 3.8) is 0 Å². The Morgan fingerprint density at radius 2 is 1.77 bits per heavy atom. The van der Waals surface area contributed by atoms with Crippen LogP contribution in [0.1, 0.15) is 39.5 Å². The van der Waals surface area contributed by atoms with E-state index in [0.717, 1.165) is 6.92 Å². The molecule has 1 rings (SSSR count). The van der Waals surface area contributed by atoms with Gasteiger partial charge in [-0.1, -0.05) is 13.3 Å². The summed E-state index contributed by atoms with van der Waals surface area (Å²) >= 11 is 0. The van der Waals surface area contributed by atoms with Crippen LogP contribution in [0.25, 0.3) is 0 Å². The molecule has 78 valence electrons. The Morgan fingerprint density at radius 3 is 2.15 bits per heavy atom. The first kappa shape index (κ1) is 12.4. The second-order valence-electron chi connectivity index (χ2n) is 3.42. The molecule has 1 aliphatic rings. The lowest BCUT2D eigenvalue weighted by molar-refractivity contribution is -0.134. The zero-order valence-corrected chi connectivity index (χ0v) is 8.75. The van der Waals surface area contributed by atoms with E-state index in [1.807, 2.05) is 0 Å². The number of carboxylic acid groups (broad SMARTS) is 1. The fourth-order valence-corrected chi connectivity index (χ4v) is 1.50. The Morgan fingerprint density at radius 1 is 1.31 bits per heavy atom. The Labute approximate surface area is 80.7 Å². The topological polar surface area (TPSA) is 40.5 Å². The normalized spacial score (nSPS) is 17.4. The van der Waals surface area contributed by atoms with Gasteiger partial charge in [-0.15, -0.1) is 0 Å². The summed E-state index contributed by atoms with van der Waals surface area (Å²) in [7, 11) is 0. The third kappa shape index (κ3) is 9.34. The summed E-state index contributed by atoms with van der Waals surface area (Å²) in [6.45, 7) is 7.37. The molecule has 1 fully saturated rings. The lowest BCUT2D eigenvalue weighted by Gasteiger charge is -2.25. The van der Waals surface area contributed by atoms with Crippen molar-refractivity contribution in [3.05, 3.63) is 0 Å². The standard InChI is InChI=1S/C8H17N.C2H4O2/c1-2-6-9-7-4-3-5-8-9;1-2(3)4/h2-8H2,1H3;1H3,(H,3,4). The van der Waals surface area contributed by atoms with Gasteiger partial charge in [-0.2, -0.15) is 0 Å². The van der Waals surface area contributed by atoms with Crippen molar-refractivity contribution >= 4 is 5.97 Å². The van der Waals surface area contributed by atoms with E-state index in [-0.39, 0.29) is 0 Å². The molecule has 0 bridgehead atoms. The summed E-state index contributed by atoms with van der Waals surface area (Å²) in [5.41, 5.74) is 0. The Hall–Kier alpha value is -0.570. The number of aliphatic carboxylic acids is 1. The summed E-state index contributed by atoms with van der Waals surface area (Å²) in [6, 6.07) is 0. The van der Waals surface area contributed by atoms with E-state index < -0.39 is 5.97 Å². The number of piperidine rings is 1. The maximum Gasteiger partial charge on any atom is 0.300 e. The predicted octanol–water partition coefficient (Wildman–Crippen LogP) is 1.97. The maximum absolute atomic E-state index is 9.00. The van der Waals surface area contributed by atoms with Crippen molar-refractivity contribution < 1.29 is 9.90 Å². The molecule has 1 heterocycles. The van der Waals surface area contributed by atoms with E-state index in [4.69, 9.17) is 9.90 Å². The largest absolute Gasteiger partial charge is 0.481 e. The highest BCUT2D eigenvalue weighted by molar-refractivity contribution is 5.62. The molecule has 1 aliphatic heterocycles.